The van der Waals surface area contributed by atoms with Crippen molar-refractivity contribution in [1.29, 1.82) is 0 Å². The summed E-state index contributed by atoms with van der Waals surface area (Å²) in [5, 5.41) is 8.02. The summed E-state index contributed by atoms with van der Waals surface area (Å²) in [7, 11) is 1.57. The Morgan fingerprint density at radius 2 is 1.93 bits per heavy atom. The lowest BCUT2D eigenvalue weighted by molar-refractivity contribution is -0.115. The highest BCUT2D eigenvalue weighted by atomic mass is 32.1. The normalized spacial score (nSPS) is 10.4. The first-order valence-electron chi connectivity index (χ1n) is 8.78. The molecule has 3 aromatic rings. The van der Waals surface area contributed by atoms with Gasteiger partial charge in [0.25, 0.3) is 5.91 Å². The van der Waals surface area contributed by atoms with Gasteiger partial charge in [0, 0.05) is 23.7 Å². The van der Waals surface area contributed by atoms with E-state index in [0.29, 0.717) is 23.6 Å². The quantitative estimate of drug-likeness (QED) is 0.641. The second-order valence-corrected chi connectivity index (χ2v) is 7.16. The van der Waals surface area contributed by atoms with Crippen molar-refractivity contribution in [2.24, 2.45) is 0 Å². The predicted octanol–water partition coefficient (Wildman–Crippen LogP) is 3.57. The van der Waals surface area contributed by atoms with Gasteiger partial charge < -0.3 is 15.4 Å². The number of hydrogen-bond acceptors (Lipinski definition) is 5. The summed E-state index contributed by atoms with van der Waals surface area (Å²) in [4.78, 5) is 28.4. The highest BCUT2D eigenvalue weighted by Crippen LogP contribution is 2.17. The molecule has 7 heteroatoms. The van der Waals surface area contributed by atoms with Crippen molar-refractivity contribution in [2.75, 3.05) is 12.4 Å². The van der Waals surface area contributed by atoms with Crippen LogP contribution in [-0.4, -0.2) is 23.8 Å². The molecule has 0 radical (unpaired) electrons. The molecule has 0 aliphatic heterocycles. The SMILES string of the molecule is CNC(=O)c1cccc(NC(=O)Cc2csc(COc3ccc(C)cc3)n2)c1. The third-order valence-corrected chi connectivity index (χ3v) is 4.83. The molecule has 1 aromatic heterocycles. The van der Waals surface area contributed by atoms with Gasteiger partial charge in [0.05, 0.1) is 12.1 Å². The maximum atomic E-state index is 12.3. The monoisotopic (exact) mass is 395 g/mol. The number of ether oxygens (including phenoxy) is 1. The first-order valence-corrected chi connectivity index (χ1v) is 9.66. The minimum absolute atomic E-state index is 0.158. The van der Waals surface area contributed by atoms with Gasteiger partial charge >= 0.3 is 0 Å². The van der Waals surface area contributed by atoms with Crippen molar-refractivity contribution < 1.29 is 14.3 Å². The van der Waals surface area contributed by atoms with Crippen molar-refractivity contribution in [1.82, 2.24) is 10.3 Å². The molecule has 0 fully saturated rings. The number of thiazole rings is 1. The van der Waals surface area contributed by atoms with E-state index in [1.54, 1.807) is 31.3 Å². The number of aromatic nitrogens is 1. The zero-order valence-electron chi connectivity index (χ0n) is 15.7. The third kappa shape index (κ3) is 5.40. The second-order valence-electron chi connectivity index (χ2n) is 6.22. The van der Waals surface area contributed by atoms with Crippen LogP contribution < -0.4 is 15.4 Å². The van der Waals surface area contributed by atoms with Crippen molar-refractivity contribution >= 4 is 28.8 Å². The van der Waals surface area contributed by atoms with Gasteiger partial charge in [-0.3, -0.25) is 9.59 Å². The average molecular weight is 395 g/mol. The Kier molecular flexibility index (Phi) is 6.39. The van der Waals surface area contributed by atoms with E-state index in [0.717, 1.165) is 10.8 Å². The zero-order valence-corrected chi connectivity index (χ0v) is 16.5. The standard InChI is InChI=1S/C21H21N3O3S/c1-14-6-8-18(9-7-14)27-12-20-24-17(13-28-20)11-19(25)23-16-5-3-4-15(10-16)21(26)22-2/h3-10,13H,11-12H2,1-2H3,(H,22,26)(H,23,25). The van der Waals surface area contributed by atoms with Gasteiger partial charge in [0.15, 0.2) is 0 Å². The molecule has 28 heavy (non-hydrogen) atoms. The molecule has 3 rings (SSSR count). The fourth-order valence-electron chi connectivity index (χ4n) is 2.53. The maximum Gasteiger partial charge on any atom is 0.251 e. The molecule has 0 saturated carbocycles. The fraction of sp³-hybridized carbons (Fsp3) is 0.190. The van der Waals surface area contributed by atoms with Crippen LogP contribution in [0.1, 0.15) is 26.6 Å². The van der Waals surface area contributed by atoms with E-state index < -0.39 is 0 Å². The Morgan fingerprint density at radius 3 is 2.68 bits per heavy atom. The fourth-order valence-corrected chi connectivity index (χ4v) is 3.23. The van der Waals surface area contributed by atoms with Gasteiger partial charge in [-0.25, -0.2) is 4.98 Å². The van der Waals surface area contributed by atoms with Gasteiger partial charge in [-0.1, -0.05) is 23.8 Å². The van der Waals surface area contributed by atoms with E-state index in [9.17, 15) is 9.59 Å². The van der Waals surface area contributed by atoms with E-state index in [2.05, 4.69) is 15.6 Å². The Morgan fingerprint density at radius 1 is 1.14 bits per heavy atom. The molecule has 0 unspecified atom stereocenters. The van der Waals surface area contributed by atoms with Crippen molar-refractivity contribution in [2.45, 2.75) is 20.0 Å². The molecule has 0 aliphatic rings. The molecule has 6 nitrogen and oxygen atoms in total. The Balaban J connectivity index is 1.53. The summed E-state index contributed by atoms with van der Waals surface area (Å²) in [6.07, 6.45) is 0.158. The van der Waals surface area contributed by atoms with Gasteiger partial charge in [-0.15, -0.1) is 11.3 Å². The van der Waals surface area contributed by atoms with Gasteiger partial charge in [-0.2, -0.15) is 0 Å². The Hall–Kier alpha value is -3.19. The van der Waals surface area contributed by atoms with Crippen LogP contribution in [0.4, 0.5) is 5.69 Å². The predicted molar refractivity (Wildman–Crippen MR) is 110 cm³/mol. The second kappa shape index (κ2) is 9.14. The van der Waals surface area contributed by atoms with Gasteiger partial charge in [-0.05, 0) is 37.3 Å². The van der Waals surface area contributed by atoms with Crippen LogP contribution in [0.3, 0.4) is 0 Å². The molecule has 0 saturated heterocycles. The van der Waals surface area contributed by atoms with E-state index in [1.807, 2.05) is 36.6 Å². The van der Waals surface area contributed by atoms with Crippen molar-refractivity contribution in [3.8, 4) is 5.75 Å². The molecule has 1 heterocycles. The number of rotatable bonds is 7. The molecule has 144 valence electrons. The zero-order chi connectivity index (χ0) is 19.9. The lowest BCUT2D eigenvalue weighted by Crippen LogP contribution is -2.19. The van der Waals surface area contributed by atoms with Crippen LogP contribution in [-0.2, 0) is 17.8 Å². The molecule has 0 bridgehead atoms. The van der Waals surface area contributed by atoms with Crippen LogP contribution >= 0.6 is 11.3 Å². The number of nitrogens with one attached hydrogen (secondary N) is 2. The van der Waals surface area contributed by atoms with Crippen LogP contribution in [0.5, 0.6) is 5.75 Å². The van der Waals surface area contributed by atoms with Crippen LogP contribution in [0.2, 0.25) is 0 Å². The number of nitrogens with zero attached hydrogens (tertiary/aromatic N) is 1. The Labute approximate surface area is 167 Å². The van der Waals surface area contributed by atoms with Crippen molar-refractivity contribution in [3.63, 3.8) is 0 Å². The first-order chi connectivity index (χ1) is 13.5. The molecule has 2 N–H and O–H groups in total. The summed E-state index contributed by atoms with van der Waals surface area (Å²) in [6, 6.07) is 14.6. The molecule has 0 atom stereocenters. The van der Waals surface area contributed by atoms with Crippen LogP contribution in [0, 0.1) is 6.92 Å². The third-order valence-electron chi connectivity index (χ3n) is 3.96. The van der Waals surface area contributed by atoms with Gasteiger partial charge in [0.1, 0.15) is 17.4 Å². The summed E-state index contributed by atoms with van der Waals surface area (Å²) in [5.74, 6) is 0.398. The molecule has 0 aliphatic carbocycles. The lowest BCUT2D eigenvalue weighted by Gasteiger charge is -2.06. The van der Waals surface area contributed by atoms with Gasteiger partial charge in [0.2, 0.25) is 5.91 Å². The summed E-state index contributed by atoms with van der Waals surface area (Å²) in [6.45, 7) is 2.39. The molecular formula is C21H21N3O3S. The van der Waals surface area contributed by atoms with Crippen LogP contribution in [0.25, 0.3) is 0 Å². The maximum absolute atomic E-state index is 12.3. The first kappa shape index (κ1) is 19.6. The number of benzene rings is 2. The number of hydrogen-bond donors (Lipinski definition) is 2. The van der Waals surface area contributed by atoms with E-state index >= 15 is 0 Å². The molecule has 2 amide bonds. The number of anilines is 1. The topological polar surface area (TPSA) is 80.3 Å². The molecule has 2 aromatic carbocycles. The number of carbonyl (C=O) groups excluding carboxylic acids is 2. The van der Waals surface area contributed by atoms with E-state index in [1.165, 1.54) is 16.9 Å². The lowest BCUT2D eigenvalue weighted by atomic mass is 10.2. The summed E-state index contributed by atoms with van der Waals surface area (Å²) >= 11 is 1.46. The number of aryl methyl sites for hydroxylation is 1. The summed E-state index contributed by atoms with van der Waals surface area (Å²) in [5.41, 5.74) is 2.93. The average Bonchev–Trinajstić information content (AvgIpc) is 3.14. The minimum Gasteiger partial charge on any atom is -0.486 e. The minimum atomic E-state index is -0.200. The summed E-state index contributed by atoms with van der Waals surface area (Å²) < 4.78 is 5.72. The Bertz CT molecular complexity index is 967. The largest absolute Gasteiger partial charge is 0.486 e. The number of amides is 2. The highest BCUT2D eigenvalue weighted by molar-refractivity contribution is 7.09. The molecule has 0 spiro atoms. The van der Waals surface area contributed by atoms with E-state index in [-0.39, 0.29) is 18.2 Å². The number of carbonyl (C=O) groups is 2. The van der Waals surface area contributed by atoms with E-state index in [4.69, 9.17) is 4.74 Å². The molecular weight excluding hydrogens is 374 g/mol. The highest BCUT2D eigenvalue weighted by Gasteiger charge is 2.10. The smallest absolute Gasteiger partial charge is 0.251 e. The van der Waals surface area contributed by atoms with Crippen molar-refractivity contribution in [3.05, 3.63) is 75.7 Å². The van der Waals surface area contributed by atoms with Crippen LogP contribution in [0.15, 0.2) is 53.9 Å².